The van der Waals surface area contributed by atoms with E-state index in [9.17, 15) is 9.90 Å². The highest BCUT2D eigenvalue weighted by Gasteiger charge is 2.35. The Balaban J connectivity index is 1.51. The van der Waals surface area contributed by atoms with Crippen molar-refractivity contribution in [3.63, 3.8) is 0 Å². The molecule has 0 spiro atoms. The van der Waals surface area contributed by atoms with Crippen molar-refractivity contribution in [2.75, 3.05) is 25.1 Å². The summed E-state index contributed by atoms with van der Waals surface area (Å²) in [4.78, 5) is 22.5. The van der Waals surface area contributed by atoms with Crippen LogP contribution in [0.25, 0.3) is 0 Å². The Kier molecular flexibility index (Phi) is 5.30. The first-order valence-electron chi connectivity index (χ1n) is 8.64. The van der Waals surface area contributed by atoms with Crippen LogP contribution in [0.4, 0.5) is 5.82 Å². The van der Waals surface area contributed by atoms with Crippen molar-refractivity contribution >= 4 is 11.7 Å². The Morgan fingerprint density at radius 3 is 3.00 bits per heavy atom. The first kappa shape index (κ1) is 17.1. The number of carbonyl (C=O) groups excluding carboxylic acids is 1. The maximum Gasteiger partial charge on any atom is 0.220 e. The van der Waals surface area contributed by atoms with Gasteiger partial charge in [-0.25, -0.2) is 9.97 Å². The number of rotatable bonds is 7. The molecule has 1 saturated carbocycles. The minimum absolute atomic E-state index is 0.00108. The number of aromatic nitrogens is 2. The van der Waals surface area contributed by atoms with E-state index in [0.717, 1.165) is 38.0 Å². The molecule has 2 fully saturated rings. The summed E-state index contributed by atoms with van der Waals surface area (Å²) in [6.07, 6.45) is 7.88. The van der Waals surface area contributed by atoms with E-state index in [1.54, 1.807) is 13.3 Å². The van der Waals surface area contributed by atoms with E-state index in [2.05, 4.69) is 20.2 Å². The van der Waals surface area contributed by atoms with Crippen LogP contribution in [0.3, 0.4) is 0 Å². The van der Waals surface area contributed by atoms with E-state index in [4.69, 9.17) is 4.74 Å². The number of anilines is 1. The van der Waals surface area contributed by atoms with Crippen molar-refractivity contribution in [1.29, 1.82) is 0 Å². The fourth-order valence-electron chi connectivity index (χ4n) is 3.47. The van der Waals surface area contributed by atoms with Gasteiger partial charge in [-0.15, -0.1) is 0 Å². The van der Waals surface area contributed by atoms with Crippen LogP contribution in [-0.2, 0) is 9.53 Å². The van der Waals surface area contributed by atoms with Gasteiger partial charge in [0.05, 0.1) is 17.7 Å². The van der Waals surface area contributed by atoms with Crippen molar-refractivity contribution in [2.45, 2.75) is 56.3 Å². The van der Waals surface area contributed by atoms with E-state index in [-0.39, 0.29) is 18.1 Å². The molecule has 2 atom stereocenters. The van der Waals surface area contributed by atoms with Gasteiger partial charge in [-0.2, -0.15) is 0 Å². The number of nitrogens with one attached hydrogen (secondary N) is 1. The van der Waals surface area contributed by atoms with Crippen molar-refractivity contribution in [3.8, 4) is 0 Å². The molecule has 7 heteroatoms. The fourth-order valence-corrected chi connectivity index (χ4v) is 3.47. The summed E-state index contributed by atoms with van der Waals surface area (Å²) in [6, 6.07) is 2.03. The second-order valence-corrected chi connectivity index (χ2v) is 6.85. The lowest BCUT2D eigenvalue weighted by Gasteiger charge is -2.36. The van der Waals surface area contributed by atoms with Crippen LogP contribution >= 0.6 is 0 Å². The molecule has 3 rings (SSSR count). The van der Waals surface area contributed by atoms with Gasteiger partial charge in [0.1, 0.15) is 12.1 Å². The molecule has 1 aromatic rings. The summed E-state index contributed by atoms with van der Waals surface area (Å²) in [5, 5.41) is 13.1. The molecule has 0 bridgehead atoms. The normalized spacial score (nSPS) is 25.3. The zero-order valence-corrected chi connectivity index (χ0v) is 14.1. The van der Waals surface area contributed by atoms with Crippen LogP contribution in [-0.4, -0.2) is 58.9 Å². The third kappa shape index (κ3) is 4.02. The van der Waals surface area contributed by atoms with E-state index in [0.29, 0.717) is 19.4 Å². The molecule has 132 valence electrons. The lowest BCUT2D eigenvalue weighted by molar-refractivity contribution is -0.123. The third-order valence-corrected chi connectivity index (χ3v) is 5.21. The second kappa shape index (κ2) is 7.44. The average molecular weight is 334 g/mol. The molecule has 1 aromatic heterocycles. The minimum atomic E-state index is -0.598. The Morgan fingerprint density at radius 2 is 2.38 bits per heavy atom. The number of hydrogen-bond acceptors (Lipinski definition) is 6. The highest BCUT2D eigenvalue weighted by Crippen LogP contribution is 2.35. The summed E-state index contributed by atoms with van der Waals surface area (Å²) in [5.41, 5.74) is -0.598. The Morgan fingerprint density at radius 1 is 1.54 bits per heavy atom. The summed E-state index contributed by atoms with van der Waals surface area (Å²) in [5.74, 6) is 0.853. The largest absolute Gasteiger partial charge is 0.390 e. The smallest absolute Gasteiger partial charge is 0.220 e. The Labute approximate surface area is 142 Å². The lowest BCUT2D eigenvalue weighted by atomic mass is 9.77. The van der Waals surface area contributed by atoms with E-state index in [1.165, 1.54) is 6.33 Å². The van der Waals surface area contributed by atoms with Gasteiger partial charge < -0.3 is 20.1 Å². The fraction of sp³-hybridized carbons (Fsp3) is 0.706. The van der Waals surface area contributed by atoms with Crippen LogP contribution < -0.4 is 10.2 Å². The van der Waals surface area contributed by atoms with Crippen LogP contribution in [0.5, 0.6) is 0 Å². The van der Waals surface area contributed by atoms with Gasteiger partial charge >= 0.3 is 0 Å². The zero-order chi connectivity index (χ0) is 17.0. The first-order valence-corrected chi connectivity index (χ1v) is 8.64. The number of amides is 1. The van der Waals surface area contributed by atoms with Crippen molar-refractivity contribution < 1.29 is 14.6 Å². The van der Waals surface area contributed by atoms with Crippen molar-refractivity contribution in [3.05, 3.63) is 18.6 Å². The van der Waals surface area contributed by atoms with Crippen LogP contribution in [0, 0.1) is 0 Å². The summed E-state index contributed by atoms with van der Waals surface area (Å²) in [7, 11) is 1.71. The van der Waals surface area contributed by atoms with Crippen molar-refractivity contribution in [1.82, 2.24) is 15.3 Å². The van der Waals surface area contributed by atoms with Gasteiger partial charge in [0.15, 0.2) is 0 Å². The number of aliphatic hydroxyl groups is 1. The zero-order valence-electron chi connectivity index (χ0n) is 14.1. The summed E-state index contributed by atoms with van der Waals surface area (Å²) < 4.78 is 5.48. The summed E-state index contributed by atoms with van der Waals surface area (Å²) >= 11 is 0. The van der Waals surface area contributed by atoms with Crippen LogP contribution in [0.15, 0.2) is 18.6 Å². The maximum absolute atomic E-state index is 12.1. The van der Waals surface area contributed by atoms with Gasteiger partial charge in [-0.1, -0.05) is 0 Å². The molecule has 0 aromatic carbocycles. The first-order chi connectivity index (χ1) is 11.6. The predicted molar refractivity (Wildman–Crippen MR) is 89.6 cm³/mol. The Bertz CT molecular complexity index is 550. The molecule has 0 radical (unpaired) electrons. The second-order valence-electron chi connectivity index (χ2n) is 6.85. The SMILES string of the molecule is CO[C@@H]1C[C@H](CNC(=O)CCC2(O)CCC2)N(c2ccncn2)C1. The van der Waals surface area contributed by atoms with Gasteiger partial charge in [-0.3, -0.25) is 4.79 Å². The molecule has 1 aliphatic heterocycles. The molecule has 1 amide bonds. The number of carbonyl (C=O) groups is 1. The number of ether oxygens (including phenoxy) is 1. The standard InChI is InChI=1S/C17H26N4O3/c1-24-14-9-13(21(11-14)15-4-8-18-12-20-15)10-19-16(22)3-7-17(23)5-2-6-17/h4,8,12-14,23H,2-3,5-7,9-11H2,1H3,(H,19,22)/t13-,14-/m1/s1. The minimum Gasteiger partial charge on any atom is -0.390 e. The quantitative estimate of drug-likeness (QED) is 0.770. The molecular formula is C17H26N4O3. The highest BCUT2D eigenvalue weighted by molar-refractivity contribution is 5.76. The lowest BCUT2D eigenvalue weighted by Crippen LogP contribution is -2.42. The molecule has 2 N–H and O–H groups in total. The maximum atomic E-state index is 12.1. The molecule has 24 heavy (non-hydrogen) atoms. The van der Waals surface area contributed by atoms with E-state index >= 15 is 0 Å². The highest BCUT2D eigenvalue weighted by atomic mass is 16.5. The average Bonchev–Trinajstić information content (AvgIpc) is 3.00. The molecule has 1 saturated heterocycles. The molecular weight excluding hydrogens is 308 g/mol. The number of nitrogens with zero attached hydrogens (tertiary/aromatic N) is 3. The number of hydrogen-bond donors (Lipinski definition) is 2. The van der Waals surface area contributed by atoms with Gasteiger partial charge in [0.25, 0.3) is 0 Å². The van der Waals surface area contributed by atoms with Crippen molar-refractivity contribution in [2.24, 2.45) is 0 Å². The predicted octanol–water partition coefficient (Wildman–Crippen LogP) is 0.882. The monoisotopic (exact) mass is 334 g/mol. The van der Waals surface area contributed by atoms with E-state index in [1.807, 2.05) is 6.07 Å². The van der Waals surface area contributed by atoms with Gasteiger partial charge in [0, 0.05) is 32.8 Å². The van der Waals surface area contributed by atoms with Crippen LogP contribution in [0.2, 0.25) is 0 Å². The molecule has 1 aliphatic carbocycles. The topological polar surface area (TPSA) is 87.6 Å². The number of methoxy groups -OCH3 is 1. The molecule has 2 aliphatic rings. The Hall–Kier alpha value is -1.73. The summed E-state index contributed by atoms with van der Waals surface area (Å²) in [6.45, 7) is 1.31. The van der Waals surface area contributed by atoms with E-state index < -0.39 is 5.60 Å². The van der Waals surface area contributed by atoms with Gasteiger partial charge in [-0.05, 0) is 38.2 Å². The molecule has 0 unspecified atom stereocenters. The van der Waals surface area contributed by atoms with Gasteiger partial charge in [0.2, 0.25) is 5.91 Å². The van der Waals surface area contributed by atoms with Crippen LogP contribution in [0.1, 0.15) is 38.5 Å². The third-order valence-electron chi connectivity index (χ3n) is 5.21. The molecule has 2 heterocycles. The molecule has 7 nitrogen and oxygen atoms in total.